The van der Waals surface area contributed by atoms with E-state index in [1.54, 1.807) is 25.1 Å². The summed E-state index contributed by atoms with van der Waals surface area (Å²) in [7, 11) is 0. The van der Waals surface area contributed by atoms with Crippen molar-refractivity contribution in [2.45, 2.75) is 13.5 Å². The van der Waals surface area contributed by atoms with Gasteiger partial charge >= 0.3 is 11.9 Å². The molecule has 0 amide bonds. The summed E-state index contributed by atoms with van der Waals surface area (Å²) in [5.41, 5.74) is 2.51. The van der Waals surface area contributed by atoms with Gasteiger partial charge in [0.2, 0.25) is 0 Å². The van der Waals surface area contributed by atoms with Gasteiger partial charge in [0, 0.05) is 0 Å². The Kier molecular flexibility index (Phi) is 9.29. The zero-order valence-corrected chi connectivity index (χ0v) is 24.5. The molecule has 0 saturated heterocycles. The van der Waals surface area contributed by atoms with Crippen LogP contribution in [-0.2, 0) is 16.1 Å². The van der Waals surface area contributed by atoms with E-state index in [0.29, 0.717) is 25.9 Å². The average Bonchev–Trinajstić information content (AvgIpc) is 3.18. The maximum atomic E-state index is 12.6. The number of carboxylic acids is 1. The maximum absolute atomic E-state index is 12.6. The van der Waals surface area contributed by atoms with Gasteiger partial charge in [-0.3, -0.25) is 0 Å². The first-order chi connectivity index (χ1) is 18.3. The predicted molar refractivity (Wildman–Crippen MR) is 160 cm³/mol. The van der Waals surface area contributed by atoms with Gasteiger partial charge in [0.25, 0.3) is 0 Å². The molecule has 0 radical (unpaired) electrons. The molecule has 0 unspecified atom stereocenters. The number of carbonyl (C=O) groups excluding carboxylic acids is 1. The SMILES string of the molecule is CCOC(=O)C1=C(O)/C(=C/c2cc(Br)c(OCc3ccc(C(=O)O)cc3)c(I)c2)SC1=Nc1ccccc1. The third kappa shape index (κ3) is 6.66. The van der Waals surface area contributed by atoms with Crippen LogP contribution < -0.4 is 4.74 Å². The molecule has 1 heterocycles. The second-order valence-electron chi connectivity index (χ2n) is 7.91. The molecule has 7 nitrogen and oxygen atoms in total. The topological polar surface area (TPSA) is 105 Å². The van der Waals surface area contributed by atoms with E-state index in [4.69, 9.17) is 14.6 Å². The molecule has 0 saturated carbocycles. The van der Waals surface area contributed by atoms with Crippen molar-refractivity contribution in [2.24, 2.45) is 4.99 Å². The van der Waals surface area contributed by atoms with Gasteiger partial charge in [-0.1, -0.05) is 42.1 Å². The molecule has 0 atom stereocenters. The number of thioether (sulfide) groups is 1. The van der Waals surface area contributed by atoms with Crippen LogP contribution in [0.15, 0.2) is 92.4 Å². The Morgan fingerprint density at radius 1 is 1.11 bits per heavy atom. The summed E-state index contributed by atoms with van der Waals surface area (Å²) in [5.74, 6) is -1.16. The summed E-state index contributed by atoms with van der Waals surface area (Å²) in [4.78, 5) is 28.7. The monoisotopic (exact) mass is 705 g/mol. The highest BCUT2D eigenvalue weighted by molar-refractivity contribution is 14.1. The van der Waals surface area contributed by atoms with Crippen LogP contribution in [0.3, 0.4) is 0 Å². The molecule has 1 aliphatic heterocycles. The molecule has 2 N–H and O–H groups in total. The van der Waals surface area contributed by atoms with Crippen molar-refractivity contribution in [3.8, 4) is 5.75 Å². The molecular weight excluding hydrogens is 685 g/mol. The van der Waals surface area contributed by atoms with Crippen molar-refractivity contribution < 1.29 is 29.3 Å². The van der Waals surface area contributed by atoms with Gasteiger partial charge < -0.3 is 19.7 Å². The molecule has 0 spiro atoms. The van der Waals surface area contributed by atoms with Crippen LogP contribution in [-0.4, -0.2) is 33.8 Å². The smallest absolute Gasteiger partial charge is 0.344 e. The van der Waals surface area contributed by atoms with Crippen LogP contribution in [0, 0.1) is 3.57 Å². The third-order valence-corrected chi connectivity index (χ3v) is 7.67. The number of hydrogen-bond donors (Lipinski definition) is 2. The number of aliphatic imine (C=N–C) groups is 1. The molecule has 3 aromatic rings. The lowest BCUT2D eigenvalue weighted by Gasteiger charge is -2.12. The highest BCUT2D eigenvalue weighted by atomic mass is 127. The number of nitrogens with zero attached hydrogens (tertiary/aromatic N) is 1. The number of esters is 1. The third-order valence-electron chi connectivity index (χ3n) is 5.26. The number of aromatic carboxylic acids is 1. The summed E-state index contributed by atoms with van der Waals surface area (Å²) in [6, 6.07) is 19.4. The highest BCUT2D eigenvalue weighted by Crippen LogP contribution is 2.41. The zero-order chi connectivity index (χ0) is 27.2. The van der Waals surface area contributed by atoms with Gasteiger partial charge in [-0.2, -0.15) is 0 Å². The van der Waals surface area contributed by atoms with Gasteiger partial charge in [0.05, 0.1) is 30.8 Å². The molecule has 4 rings (SSSR count). The van der Waals surface area contributed by atoms with Gasteiger partial charge in [0.15, 0.2) is 0 Å². The minimum absolute atomic E-state index is 0.0367. The molecular formula is C28H21BrINO6S. The van der Waals surface area contributed by atoms with Crippen LogP contribution in [0.25, 0.3) is 6.08 Å². The first kappa shape index (κ1) is 27.9. The fraction of sp³-hybridized carbons (Fsp3) is 0.107. The standard InChI is InChI=1S/C28H21BrINO6S/c1-2-36-28(35)23-24(32)22(38-26(23)31-19-6-4-3-5-7-19)14-17-12-20(29)25(21(30)13-17)37-15-16-8-10-18(11-9-16)27(33)34/h3-14,32H,2,15H2,1H3,(H,33,34)/b22-14-,31-26?. The van der Waals surface area contributed by atoms with E-state index >= 15 is 0 Å². The highest BCUT2D eigenvalue weighted by Gasteiger charge is 2.33. The first-order valence-corrected chi connectivity index (χ1v) is 14.0. The lowest BCUT2D eigenvalue weighted by atomic mass is 10.1. The summed E-state index contributed by atoms with van der Waals surface area (Å²) in [5, 5.41) is 20.4. The number of para-hydroxylation sites is 1. The lowest BCUT2D eigenvalue weighted by molar-refractivity contribution is -0.138. The Morgan fingerprint density at radius 3 is 2.45 bits per heavy atom. The maximum Gasteiger partial charge on any atom is 0.344 e. The van der Waals surface area contributed by atoms with Crippen molar-refractivity contribution in [3.63, 3.8) is 0 Å². The fourth-order valence-electron chi connectivity index (χ4n) is 3.46. The quantitative estimate of drug-likeness (QED) is 0.185. The molecule has 0 fully saturated rings. The first-order valence-electron chi connectivity index (χ1n) is 11.3. The van der Waals surface area contributed by atoms with Crippen LogP contribution in [0.2, 0.25) is 0 Å². The lowest BCUT2D eigenvalue weighted by Crippen LogP contribution is -2.12. The Hall–Kier alpha value is -3.09. The Bertz CT molecular complexity index is 1450. The van der Waals surface area contributed by atoms with E-state index in [-0.39, 0.29) is 30.1 Å². The number of benzene rings is 3. The van der Waals surface area contributed by atoms with Crippen LogP contribution in [0.1, 0.15) is 28.4 Å². The van der Waals surface area contributed by atoms with Gasteiger partial charge in [-0.15, -0.1) is 0 Å². The molecule has 0 aliphatic carbocycles. The second kappa shape index (κ2) is 12.6. The van der Waals surface area contributed by atoms with Gasteiger partial charge in [0.1, 0.15) is 28.7 Å². The number of carboxylic acid groups (broad SMARTS) is 1. The number of halogens is 2. The molecule has 1 aliphatic rings. The fourth-order valence-corrected chi connectivity index (χ4v) is 6.27. The summed E-state index contributed by atoms with van der Waals surface area (Å²) >= 11 is 6.92. The van der Waals surface area contributed by atoms with Gasteiger partial charge in [-0.05, 0) is 99.0 Å². The van der Waals surface area contributed by atoms with Crippen molar-refractivity contribution in [1.82, 2.24) is 0 Å². The summed E-state index contributed by atoms with van der Waals surface area (Å²) in [6.07, 6.45) is 1.77. The predicted octanol–water partition coefficient (Wildman–Crippen LogP) is 7.52. The molecule has 10 heteroatoms. The molecule has 0 aromatic heterocycles. The van der Waals surface area contributed by atoms with Crippen molar-refractivity contribution in [1.29, 1.82) is 0 Å². The van der Waals surface area contributed by atoms with E-state index in [1.165, 1.54) is 23.9 Å². The Morgan fingerprint density at radius 2 is 1.82 bits per heavy atom. The summed E-state index contributed by atoms with van der Waals surface area (Å²) < 4.78 is 12.7. The van der Waals surface area contributed by atoms with Crippen molar-refractivity contribution in [3.05, 3.63) is 108 Å². The van der Waals surface area contributed by atoms with E-state index in [9.17, 15) is 14.7 Å². The van der Waals surface area contributed by atoms with E-state index in [0.717, 1.165) is 14.7 Å². The molecule has 38 heavy (non-hydrogen) atoms. The van der Waals surface area contributed by atoms with E-state index in [2.05, 4.69) is 43.5 Å². The Labute approximate surface area is 245 Å². The number of carbonyl (C=O) groups is 2. The van der Waals surface area contributed by atoms with Crippen LogP contribution in [0.4, 0.5) is 5.69 Å². The Balaban J connectivity index is 1.59. The largest absolute Gasteiger partial charge is 0.506 e. The minimum Gasteiger partial charge on any atom is -0.506 e. The molecule has 0 bridgehead atoms. The number of ether oxygens (including phenoxy) is 2. The normalized spacial score (nSPS) is 15.2. The van der Waals surface area contributed by atoms with Gasteiger partial charge in [-0.25, -0.2) is 14.6 Å². The number of rotatable bonds is 8. The second-order valence-corrected chi connectivity index (χ2v) is 11.0. The van der Waals surface area contributed by atoms with Crippen LogP contribution >= 0.6 is 50.3 Å². The zero-order valence-electron chi connectivity index (χ0n) is 20.0. The number of hydrogen-bond acceptors (Lipinski definition) is 7. The van der Waals surface area contributed by atoms with E-state index in [1.807, 2.05) is 42.5 Å². The van der Waals surface area contributed by atoms with E-state index < -0.39 is 11.9 Å². The van der Waals surface area contributed by atoms with Crippen LogP contribution in [0.5, 0.6) is 5.75 Å². The average molecular weight is 706 g/mol. The van der Waals surface area contributed by atoms with Crippen molar-refractivity contribution >= 4 is 79.0 Å². The number of aliphatic hydroxyl groups is 1. The number of aliphatic hydroxyl groups excluding tert-OH is 1. The molecule has 3 aromatic carbocycles. The molecule has 194 valence electrons. The minimum atomic E-state index is -0.978. The van der Waals surface area contributed by atoms with Crippen molar-refractivity contribution in [2.75, 3.05) is 6.61 Å². The summed E-state index contributed by atoms with van der Waals surface area (Å²) in [6.45, 7) is 2.14.